The zero-order valence-electron chi connectivity index (χ0n) is 21.8. The molecule has 2 N–H and O–H groups in total. The van der Waals surface area contributed by atoms with Gasteiger partial charge in [-0.3, -0.25) is 19.5 Å². The maximum Gasteiger partial charge on any atom is 0.254 e. The lowest BCUT2D eigenvalue weighted by molar-refractivity contribution is 0.0723. The maximum absolute atomic E-state index is 13.3. The lowest BCUT2D eigenvalue weighted by Crippen LogP contribution is -2.38. The molecule has 0 aliphatic carbocycles. The molecule has 0 radical (unpaired) electrons. The molecule has 2 aromatic heterocycles. The third-order valence-corrected chi connectivity index (χ3v) is 6.11. The van der Waals surface area contributed by atoms with Gasteiger partial charge in [-0.25, -0.2) is 4.98 Å². The number of nitrogens with zero attached hydrogens (tertiary/aromatic N) is 4. The molecule has 0 spiro atoms. The number of hydrogen-bond acceptors (Lipinski definition) is 5. The van der Waals surface area contributed by atoms with E-state index >= 15 is 0 Å². The van der Waals surface area contributed by atoms with Gasteiger partial charge in [0.15, 0.2) is 0 Å². The molecule has 3 rings (SSSR count). The Bertz CT molecular complexity index is 1060. The van der Waals surface area contributed by atoms with Gasteiger partial charge in [-0.2, -0.15) is 0 Å². The van der Waals surface area contributed by atoms with Crippen LogP contribution in [-0.2, 0) is 13.1 Å². The molecule has 2 heterocycles. The Morgan fingerprint density at radius 1 is 0.889 bits per heavy atom. The number of benzene rings is 1. The van der Waals surface area contributed by atoms with Crippen molar-refractivity contribution in [3.05, 3.63) is 83.7 Å². The van der Waals surface area contributed by atoms with Gasteiger partial charge in [-0.05, 0) is 83.5 Å². The Morgan fingerprint density at radius 3 is 2.22 bits per heavy atom. The highest BCUT2D eigenvalue weighted by atomic mass is 16.2. The fraction of sp³-hybridized carbons (Fsp3) is 0.429. The number of unbranched alkanes of at least 4 members (excludes halogenated alkanes) is 1. The quantitative estimate of drug-likeness (QED) is 0.349. The number of amides is 2. The first-order chi connectivity index (χ1) is 17.3. The van der Waals surface area contributed by atoms with Crippen LogP contribution >= 0.6 is 0 Å². The Morgan fingerprint density at radius 2 is 1.61 bits per heavy atom. The first kappa shape index (κ1) is 27.1. The van der Waals surface area contributed by atoms with Crippen molar-refractivity contribution in [1.82, 2.24) is 30.1 Å². The Balaban J connectivity index is 1.55. The number of rotatable bonds is 13. The number of carbonyl (C=O) groups is 2. The van der Waals surface area contributed by atoms with Gasteiger partial charge < -0.3 is 15.2 Å². The molecule has 0 unspecified atom stereocenters. The maximum atomic E-state index is 13.3. The third kappa shape index (κ3) is 8.02. The van der Waals surface area contributed by atoms with Crippen LogP contribution in [0.5, 0.6) is 0 Å². The van der Waals surface area contributed by atoms with Crippen molar-refractivity contribution in [1.29, 1.82) is 0 Å². The Hall–Kier alpha value is -3.52. The summed E-state index contributed by atoms with van der Waals surface area (Å²) in [5.41, 5.74) is 1.84. The minimum atomic E-state index is -0.149. The van der Waals surface area contributed by atoms with E-state index in [1.807, 2.05) is 18.2 Å². The summed E-state index contributed by atoms with van der Waals surface area (Å²) in [5.74, 6) is 0.420. The van der Waals surface area contributed by atoms with Crippen LogP contribution in [0, 0.1) is 0 Å². The Kier molecular flexibility index (Phi) is 10.2. The van der Waals surface area contributed by atoms with E-state index in [2.05, 4.69) is 52.9 Å². The van der Waals surface area contributed by atoms with E-state index in [0.29, 0.717) is 48.7 Å². The standard InChI is InChI=1S/C28H38N6O2/c1-21(2)34(22(3)4)18-8-7-15-32-27(35)23-10-12-24(13-11-23)28(36)33(20-26-30-16-17-31-26)19-25-9-5-6-14-29-25/h5-6,9-14,16-17,21-22H,7-8,15,18-20H2,1-4H3,(H,30,31)(H,32,35). The predicted molar refractivity (Wildman–Crippen MR) is 141 cm³/mol. The molecule has 36 heavy (non-hydrogen) atoms. The topological polar surface area (TPSA) is 94.2 Å². The van der Waals surface area contributed by atoms with Crippen LogP contribution in [0.1, 0.15) is 72.8 Å². The van der Waals surface area contributed by atoms with E-state index in [0.717, 1.165) is 25.1 Å². The molecule has 8 heteroatoms. The SMILES string of the molecule is CC(C)N(CCCCNC(=O)c1ccc(C(=O)N(Cc2ccccn2)Cc2ncc[nH]2)cc1)C(C)C. The van der Waals surface area contributed by atoms with Gasteiger partial charge in [0.1, 0.15) is 5.82 Å². The second-order valence-corrected chi connectivity index (χ2v) is 9.48. The molecule has 0 saturated heterocycles. The predicted octanol–water partition coefficient (Wildman–Crippen LogP) is 4.28. The number of imidazole rings is 1. The van der Waals surface area contributed by atoms with Gasteiger partial charge in [0.2, 0.25) is 0 Å². The minimum Gasteiger partial charge on any atom is -0.352 e. The van der Waals surface area contributed by atoms with Crippen LogP contribution in [-0.4, -0.2) is 61.7 Å². The van der Waals surface area contributed by atoms with Crippen molar-refractivity contribution in [2.75, 3.05) is 13.1 Å². The highest BCUT2D eigenvalue weighted by molar-refractivity contribution is 5.97. The van der Waals surface area contributed by atoms with E-state index in [9.17, 15) is 9.59 Å². The molecule has 0 aliphatic rings. The fourth-order valence-electron chi connectivity index (χ4n) is 4.23. The molecule has 2 amide bonds. The van der Waals surface area contributed by atoms with Gasteiger partial charge in [-0.1, -0.05) is 6.07 Å². The second kappa shape index (κ2) is 13.5. The smallest absolute Gasteiger partial charge is 0.254 e. The molecule has 1 aromatic carbocycles. The summed E-state index contributed by atoms with van der Waals surface area (Å²) in [6, 6.07) is 13.5. The van der Waals surface area contributed by atoms with Crippen molar-refractivity contribution in [3.63, 3.8) is 0 Å². The van der Waals surface area contributed by atoms with E-state index in [4.69, 9.17) is 0 Å². The number of aromatic nitrogens is 3. The average Bonchev–Trinajstić information content (AvgIpc) is 3.38. The number of nitrogens with one attached hydrogen (secondary N) is 2. The normalized spacial score (nSPS) is 11.3. The van der Waals surface area contributed by atoms with E-state index in [-0.39, 0.29) is 11.8 Å². The lowest BCUT2D eigenvalue weighted by atomic mass is 10.1. The van der Waals surface area contributed by atoms with Crippen molar-refractivity contribution >= 4 is 11.8 Å². The lowest BCUT2D eigenvalue weighted by Gasteiger charge is -2.30. The van der Waals surface area contributed by atoms with Gasteiger partial charge in [0, 0.05) is 48.3 Å². The molecule has 8 nitrogen and oxygen atoms in total. The molecule has 0 aliphatic heterocycles. The third-order valence-electron chi connectivity index (χ3n) is 6.11. The largest absolute Gasteiger partial charge is 0.352 e. The summed E-state index contributed by atoms with van der Waals surface area (Å²) in [5, 5.41) is 2.99. The fourth-order valence-corrected chi connectivity index (χ4v) is 4.23. The van der Waals surface area contributed by atoms with Gasteiger partial charge >= 0.3 is 0 Å². The summed E-state index contributed by atoms with van der Waals surface area (Å²) in [7, 11) is 0. The molecular weight excluding hydrogens is 452 g/mol. The second-order valence-electron chi connectivity index (χ2n) is 9.48. The van der Waals surface area contributed by atoms with Crippen LogP contribution in [0.4, 0.5) is 0 Å². The number of aromatic amines is 1. The molecule has 0 atom stereocenters. The number of hydrogen-bond donors (Lipinski definition) is 2. The highest BCUT2D eigenvalue weighted by Crippen LogP contribution is 2.13. The summed E-state index contributed by atoms with van der Waals surface area (Å²) in [6.07, 6.45) is 7.07. The van der Waals surface area contributed by atoms with E-state index < -0.39 is 0 Å². The summed E-state index contributed by atoms with van der Waals surface area (Å²) >= 11 is 0. The van der Waals surface area contributed by atoms with E-state index in [1.54, 1.807) is 47.8 Å². The van der Waals surface area contributed by atoms with Crippen molar-refractivity contribution in [2.45, 2.75) is 65.7 Å². The Labute approximate surface area is 214 Å². The van der Waals surface area contributed by atoms with Gasteiger partial charge in [0.25, 0.3) is 11.8 Å². The van der Waals surface area contributed by atoms with E-state index in [1.165, 1.54) is 0 Å². The summed E-state index contributed by atoms with van der Waals surface area (Å²) < 4.78 is 0. The highest BCUT2D eigenvalue weighted by Gasteiger charge is 2.19. The molecule has 0 saturated carbocycles. The van der Waals surface area contributed by atoms with Crippen LogP contribution in [0.15, 0.2) is 61.1 Å². The molecule has 3 aromatic rings. The molecule has 192 valence electrons. The first-order valence-corrected chi connectivity index (χ1v) is 12.7. The summed E-state index contributed by atoms with van der Waals surface area (Å²) in [6.45, 7) is 11.2. The van der Waals surface area contributed by atoms with Crippen molar-refractivity contribution < 1.29 is 9.59 Å². The van der Waals surface area contributed by atoms with Crippen LogP contribution in [0.3, 0.4) is 0 Å². The van der Waals surface area contributed by atoms with Gasteiger partial charge in [0.05, 0.1) is 18.8 Å². The minimum absolute atomic E-state index is 0.125. The molecule has 0 fully saturated rings. The van der Waals surface area contributed by atoms with Crippen LogP contribution in [0.25, 0.3) is 0 Å². The number of carbonyl (C=O) groups excluding carboxylic acids is 2. The number of H-pyrrole nitrogens is 1. The summed E-state index contributed by atoms with van der Waals surface area (Å²) in [4.78, 5) is 41.7. The van der Waals surface area contributed by atoms with Crippen molar-refractivity contribution in [3.8, 4) is 0 Å². The van der Waals surface area contributed by atoms with Gasteiger partial charge in [-0.15, -0.1) is 0 Å². The molecule has 0 bridgehead atoms. The van der Waals surface area contributed by atoms with Crippen molar-refractivity contribution in [2.24, 2.45) is 0 Å². The monoisotopic (exact) mass is 490 g/mol. The van der Waals surface area contributed by atoms with Crippen LogP contribution < -0.4 is 5.32 Å². The zero-order valence-corrected chi connectivity index (χ0v) is 21.8. The first-order valence-electron chi connectivity index (χ1n) is 12.7. The zero-order chi connectivity index (χ0) is 25.9. The number of pyridine rings is 1. The molecular formula is C28H38N6O2. The van der Waals surface area contributed by atoms with Crippen LogP contribution in [0.2, 0.25) is 0 Å². The average molecular weight is 491 g/mol.